The van der Waals surface area contributed by atoms with E-state index in [1.807, 2.05) is 6.08 Å². The van der Waals surface area contributed by atoms with E-state index >= 15 is 0 Å². The van der Waals surface area contributed by atoms with Crippen LogP contribution in [0.5, 0.6) is 0 Å². The lowest BCUT2D eigenvalue weighted by Crippen LogP contribution is -2.13. The zero-order valence-electron chi connectivity index (χ0n) is 6.33. The lowest BCUT2D eigenvalue weighted by Gasteiger charge is -1.98. The van der Waals surface area contributed by atoms with E-state index in [0.29, 0.717) is 0 Å². The highest BCUT2D eigenvalue weighted by Crippen LogP contribution is 1.87. The first-order chi connectivity index (χ1) is 5.43. The molecule has 0 aliphatic carbocycles. The maximum absolute atomic E-state index is 4.09. The van der Waals surface area contributed by atoms with Crippen molar-refractivity contribution < 1.29 is 0 Å². The molecule has 58 valence electrons. The van der Waals surface area contributed by atoms with Crippen LogP contribution in [0.2, 0.25) is 0 Å². The van der Waals surface area contributed by atoms with E-state index in [1.165, 1.54) is 0 Å². The Labute approximate surface area is 66.2 Å². The first-order valence-corrected chi connectivity index (χ1v) is 3.50. The molecule has 0 aliphatic heterocycles. The molecule has 1 rings (SSSR count). The van der Waals surface area contributed by atoms with Gasteiger partial charge in [-0.05, 0) is 0 Å². The van der Waals surface area contributed by atoms with Gasteiger partial charge in [-0.25, -0.2) is 0 Å². The summed E-state index contributed by atoms with van der Waals surface area (Å²) in [5.41, 5.74) is 0.953. The van der Waals surface area contributed by atoms with Gasteiger partial charge in [0.1, 0.15) is 0 Å². The molecule has 11 heavy (non-hydrogen) atoms. The molecule has 3 nitrogen and oxygen atoms in total. The fourth-order valence-electron chi connectivity index (χ4n) is 0.724. The van der Waals surface area contributed by atoms with Crippen LogP contribution in [0, 0.1) is 0 Å². The Kier molecular flexibility index (Phi) is 3.28. The minimum atomic E-state index is 0.750. The molecule has 0 saturated heterocycles. The van der Waals surface area contributed by atoms with Gasteiger partial charge in [-0.1, -0.05) is 6.08 Å². The van der Waals surface area contributed by atoms with Crippen LogP contribution in [-0.4, -0.2) is 16.5 Å². The van der Waals surface area contributed by atoms with Crippen LogP contribution in [-0.2, 0) is 6.54 Å². The highest BCUT2D eigenvalue weighted by atomic mass is 14.9. The second-order valence-corrected chi connectivity index (χ2v) is 2.12. The highest BCUT2D eigenvalue weighted by Gasteiger charge is 1.89. The summed E-state index contributed by atoms with van der Waals surface area (Å²) in [4.78, 5) is 8.03. The van der Waals surface area contributed by atoms with E-state index < -0.39 is 0 Å². The van der Waals surface area contributed by atoms with E-state index in [-0.39, 0.29) is 0 Å². The van der Waals surface area contributed by atoms with E-state index in [4.69, 9.17) is 0 Å². The van der Waals surface area contributed by atoms with Gasteiger partial charge in [0.25, 0.3) is 0 Å². The first-order valence-electron chi connectivity index (χ1n) is 3.50. The molecular weight excluding hydrogens is 138 g/mol. The predicted octanol–water partition coefficient (Wildman–Crippen LogP) is 0.752. The molecule has 3 heteroatoms. The summed E-state index contributed by atoms with van der Waals surface area (Å²) in [5.74, 6) is 0. The van der Waals surface area contributed by atoms with Gasteiger partial charge in [-0.3, -0.25) is 9.97 Å². The third-order valence-electron chi connectivity index (χ3n) is 1.21. The molecule has 0 fully saturated rings. The zero-order chi connectivity index (χ0) is 7.94. The molecule has 1 heterocycles. The summed E-state index contributed by atoms with van der Waals surface area (Å²) in [6, 6.07) is 0. The molecule has 0 atom stereocenters. The Morgan fingerprint density at radius 3 is 3.09 bits per heavy atom. The number of hydrogen-bond donors (Lipinski definition) is 1. The van der Waals surface area contributed by atoms with Crippen LogP contribution in [0.4, 0.5) is 0 Å². The number of aromatic nitrogens is 2. The zero-order valence-corrected chi connectivity index (χ0v) is 6.33. The van der Waals surface area contributed by atoms with Crippen molar-refractivity contribution in [3.8, 4) is 0 Å². The maximum atomic E-state index is 4.09. The topological polar surface area (TPSA) is 37.8 Å². The number of hydrogen-bond acceptors (Lipinski definition) is 3. The van der Waals surface area contributed by atoms with E-state index in [0.717, 1.165) is 18.8 Å². The van der Waals surface area contributed by atoms with Crippen molar-refractivity contribution in [1.82, 2.24) is 15.3 Å². The van der Waals surface area contributed by atoms with Gasteiger partial charge in [0.2, 0.25) is 0 Å². The fraction of sp³-hybridized carbons (Fsp3) is 0.250. The molecule has 0 unspecified atom stereocenters. The fourth-order valence-corrected chi connectivity index (χ4v) is 0.724. The third-order valence-corrected chi connectivity index (χ3v) is 1.21. The largest absolute Gasteiger partial charge is 0.308 e. The Bertz CT molecular complexity index is 208. The molecule has 0 radical (unpaired) electrons. The van der Waals surface area contributed by atoms with Crippen molar-refractivity contribution in [3.63, 3.8) is 0 Å². The summed E-state index contributed by atoms with van der Waals surface area (Å²) in [6.07, 6.45) is 6.91. The number of nitrogens with one attached hydrogen (secondary N) is 1. The lowest BCUT2D eigenvalue weighted by atomic mass is 10.4. The molecule has 0 aliphatic rings. The average Bonchev–Trinajstić information content (AvgIpc) is 2.07. The summed E-state index contributed by atoms with van der Waals surface area (Å²) >= 11 is 0. The van der Waals surface area contributed by atoms with Crippen LogP contribution in [0.15, 0.2) is 31.2 Å². The molecule has 1 aromatic heterocycles. The third kappa shape index (κ3) is 2.91. The molecule has 0 amide bonds. The van der Waals surface area contributed by atoms with Crippen LogP contribution in [0.25, 0.3) is 0 Å². The van der Waals surface area contributed by atoms with Crippen molar-refractivity contribution in [1.29, 1.82) is 0 Å². The smallest absolute Gasteiger partial charge is 0.0724 e. The second-order valence-electron chi connectivity index (χ2n) is 2.12. The lowest BCUT2D eigenvalue weighted by molar-refractivity contribution is 0.736. The Morgan fingerprint density at radius 2 is 2.45 bits per heavy atom. The molecule has 1 aromatic rings. The standard InChI is InChI=1S/C8H11N3/c1-2-3-9-6-8-7-10-4-5-11-8/h2,4-5,7,9H,1,3,6H2. The molecule has 0 bridgehead atoms. The second kappa shape index (κ2) is 4.57. The first kappa shape index (κ1) is 7.88. The van der Waals surface area contributed by atoms with Crippen LogP contribution in [0.3, 0.4) is 0 Å². The molecule has 0 spiro atoms. The average molecular weight is 149 g/mol. The SMILES string of the molecule is C=CCNCc1cnccn1. The minimum Gasteiger partial charge on any atom is -0.308 e. The van der Waals surface area contributed by atoms with Gasteiger partial charge >= 0.3 is 0 Å². The van der Waals surface area contributed by atoms with E-state index in [1.54, 1.807) is 18.6 Å². The highest BCUT2D eigenvalue weighted by molar-refractivity contribution is 4.93. The molecule has 0 aromatic carbocycles. The summed E-state index contributed by atoms with van der Waals surface area (Å²) in [7, 11) is 0. The maximum Gasteiger partial charge on any atom is 0.0724 e. The summed E-state index contributed by atoms with van der Waals surface area (Å²) < 4.78 is 0. The van der Waals surface area contributed by atoms with Gasteiger partial charge < -0.3 is 5.32 Å². The number of rotatable bonds is 4. The van der Waals surface area contributed by atoms with Crippen molar-refractivity contribution in [3.05, 3.63) is 36.9 Å². The van der Waals surface area contributed by atoms with E-state index in [9.17, 15) is 0 Å². The number of nitrogens with zero attached hydrogens (tertiary/aromatic N) is 2. The molecular formula is C8H11N3. The van der Waals surface area contributed by atoms with Crippen molar-refractivity contribution in [2.75, 3.05) is 6.54 Å². The van der Waals surface area contributed by atoms with Gasteiger partial charge in [-0.15, -0.1) is 6.58 Å². The predicted molar refractivity (Wildman–Crippen MR) is 43.9 cm³/mol. The minimum absolute atomic E-state index is 0.750. The van der Waals surface area contributed by atoms with Crippen molar-refractivity contribution in [2.45, 2.75) is 6.54 Å². The van der Waals surface area contributed by atoms with Crippen LogP contribution in [0.1, 0.15) is 5.69 Å². The van der Waals surface area contributed by atoms with Crippen molar-refractivity contribution in [2.24, 2.45) is 0 Å². The van der Waals surface area contributed by atoms with Crippen molar-refractivity contribution >= 4 is 0 Å². The van der Waals surface area contributed by atoms with Gasteiger partial charge in [0.05, 0.1) is 5.69 Å². The normalized spacial score (nSPS) is 9.45. The quantitative estimate of drug-likeness (QED) is 0.507. The van der Waals surface area contributed by atoms with Gasteiger partial charge in [-0.2, -0.15) is 0 Å². The van der Waals surface area contributed by atoms with Gasteiger partial charge in [0, 0.05) is 31.7 Å². The van der Waals surface area contributed by atoms with Crippen LogP contribution >= 0.6 is 0 Å². The summed E-state index contributed by atoms with van der Waals surface area (Å²) in [5, 5.41) is 3.13. The molecule has 0 saturated carbocycles. The summed E-state index contributed by atoms with van der Waals surface area (Å²) in [6.45, 7) is 5.15. The Morgan fingerprint density at radius 1 is 1.55 bits per heavy atom. The molecule has 1 N–H and O–H groups in total. The Balaban J connectivity index is 2.33. The van der Waals surface area contributed by atoms with Crippen LogP contribution < -0.4 is 5.32 Å². The Hall–Kier alpha value is -1.22. The van der Waals surface area contributed by atoms with Gasteiger partial charge in [0.15, 0.2) is 0 Å². The monoisotopic (exact) mass is 149 g/mol. The van der Waals surface area contributed by atoms with E-state index in [2.05, 4.69) is 21.9 Å².